The highest BCUT2D eigenvalue weighted by molar-refractivity contribution is 7.98. The predicted molar refractivity (Wildman–Crippen MR) is 65.9 cm³/mol. The molecule has 1 unspecified atom stereocenters. The van der Waals surface area contributed by atoms with Gasteiger partial charge in [0.2, 0.25) is 12.1 Å². The molecule has 0 aliphatic heterocycles. The van der Waals surface area contributed by atoms with Crippen molar-refractivity contribution in [1.82, 2.24) is 9.55 Å². The number of hydrogen-bond acceptors (Lipinski definition) is 5. The largest absolute Gasteiger partial charge is 0.406 e. The van der Waals surface area contributed by atoms with Crippen LogP contribution in [0.5, 0.6) is 0 Å². The van der Waals surface area contributed by atoms with E-state index in [0.29, 0.717) is 5.82 Å². The average Bonchev–Trinajstić information content (AvgIpc) is 2.58. The van der Waals surface area contributed by atoms with Gasteiger partial charge in [-0.1, -0.05) is 0 Å². The Labute approximate surface area is 98.6 Å². The van der Waals surface area contributed by atoms with Crippen molar-refractivity contribution in [2.24, 2.45) is 7.05 Å². The van der Waals surface area contributed by atoms with Crippen molar-refractivity contribution < 1.29 is 4.92 Å². The minimum atomic E-state index is -0.469. The lowest BCUT2D eigenvalue weighted by Gasteiger charge is -2.13. The van der Waals surface area contributed by atoms with E-state index in [4.69, 9.17) is 0 Å². The predicted octanol–water partition coefficient (Wildman–Crippen LogP) is 1.88. The Kier molecular flexibility index (Phi) is 4.60. The fourth-order valence-electron chi connectivity index (χ4n) is 1.32. The Morgan fingerprint density at radius 1 is 1.75 bits per heavy atom. The Morgan fingerprint density at radius 2 is 2.44 bits per heavy atom. The first-order chi connectivity index (χ1) is 7.56. The first-order valence-electron chi connectivity index (χ1n) is 4.97. The van der Waals surface area contributed by atoms with Gasteiger partial charge in [0.05, 0.1) is 0 Å². The summed E-state index contributed by atoms with van der Waals surface area (Å²) < 4.78 is 1.63. The molecule has 1 rings (SSSR count). The number of nitrogens with one attached hydrogen (secondary N) is 1. The van der Waals surface area contributed by atoms with Gasteiger partial charge in [0.25, 0.3) is 0 Å². The van der Waals surface area contributed by atoms with Crippen molar-refractivity contribution in [3.63, 3.8) is 0 Å². The standard InChI is InChI=1S/C9H16N4O2S/c1-7(4-5-16-3)11-9-8(13(14)15)10-6-12(9)2/h6-7,11H,4-5H2,1-3H3. The maximum atomic E-state index is 10.7. The highest BCUT2D eigenvalue weighted by Crippen LogP contribution is 2.22. The summed E-state index contributed by atoms with van der Waals surface area (Å²) in [6.45, 7) is 2.01. The molecule has 1 heterocycles. The van der Waals surface area contributed by atoms with Crippen molar-refractivity contribution >= 4 is 23.4 Å². The highest BCUT2D eigenvalue weighted by atomic mass is 32.2. The third-order valence-corrected chi connectivity index (χ3v) is 2.87. The van der Waals surface area contributed by atoms with Crippen LogP contribution in [0.25, 0.3) is 0 Å². The summed E-state index contributed by atoms with van der Waals surface area (Å²) in [6.07, 6.45) is 4.45. The molecule has 1 atom stereocenters. The van der Waals surface area contributed by atoms with Crippen LogP contribution in [0.3, 0.4) is 0 Å². The normalized spacial score (nSPS) is 12.4. The monoisotopic (exact) mass is 244 g/mol. The van der Waals surface area contributed by atoms with Crippen molar-refractivity contribution in [2.75, 3.05) is 17.3 Å². The van der Waals surface area contributed by atoms with E-state index in [1.54, 1.807) is 23.4 Å². The number of anilines is 1. The third-order valence-electron chi connectivity index (χ3n) is 2.23. The minimum Gasteiger partial charge on any atom is -0.362 e. The molecule has 0 aromatic carbocycles. The Morgan fingerprint density at radius 3 is 3.00 bits per heavy atom. The van der Waals surface area contributed by atoms with Gasteiger partial charge < -0.3 is 15.4 Å². The van der Waals surface area contributed by atoms with Crippen molar-refractivity contribution in [3.05, 3.63) is 16.4 Å². The summed E-state index contributed by atoms with van der Waals surface area (Å²) in [6, 6.07) is 0.196. The van der Waals surface area contributed by atoms with Crippen LogP contribution in [0.1, 0.15) is 13.3 Å². The van der Waals surface area contributed by atoms with E-state index < -0.39 is 4.92 Å². The molecule has 16 heavy (non-hydrogen) atoms. The van der Waals surface area contributed by atoms with Crippen molar-refractivity contribution in [2.45, 2.75) is 19.4 Å². The smallest absolute Gasteiger partial charge is 0.362 e. The quantitative estimate of drug-likeness (QED) is 0.611. The maximum Gasteiger partial charge on any atom is 0.406 e. The maximum absolute atomic E-state index is 10.7. The van der Waals surface area contributed by atoms with Gasteiger partial charge in [-0.05, 0) is 35.3 Å². The zero-order valence-electron chi connectivity index (χ0n) is 9.64. The van der Waals surface area contributed by atoms with Crippen LogP contribution in [-0.4, -0.2) is 32.5 Å². The molecule has 0 radical (unpaired) electrons. The summed E-state index contributed by atoms with van der Waals surface area (Å²) >= 11 is 1.76. The van der Waals surface area contributed by atoms with Crippen molar-refractivity contribution in [1.29, 1.82) is 0 Å². The molecular formula is C9H16N4O2S. The second-order valence-electron chi connectivity index (χ2n) is 3.61. The van der Waals surface area contributed by atoms with Gasteiger partial charge in [0, 0.05) is 13.1 Å². The molecule has 7 heteroatoms. The molecule has 0 aliphatic carbocycles. The molecule has 0 aliphatic rings. The van der Waals surface area contributed by atoms with Gasteiger partial charge in [-0.15, -0.1) is 0 Å². The zero-order chi connectivity index (χ0) is 12.1. The van der Waals surface area contributed by atoms with E-state index in [9.17, 15) is 10.1 Å². The zero-order valence-corrected chi connectivity index (χ0v) is 10.5. The molecule has 1 aromatic rings. The summed E-state index contributed by atoms with van der Waals surface area (Å²) in [7, 11) is 1.74. The first kappa shape index (κ1) is 12.8. The highest BCUT2D eigenvalue weighted by Gasteiger charge is 2.20. The molecule has 6 nitrogen and oxygen atoms in total. The number of aryl methyl sites for hydroxylation is 1. The van der Waals surface area contributed by atoms with Crippen LogP contribution in [0, 0.1) is 10.1 Å². The molecule has 0 amide bonds. The summed E-state index contributed by atoms with van der Waals surface area (Å²) in [5, 5.41) is 13.8. The lowest BCUT2D eigenvalue weighted by Crippen LogP contribution is -2.18. The number of aromatic nitrogens is 2. The Bertz CT molecular complexity index is 366. The number of imidazole rings is 1. The van der Waals surface area contributed by atoms with Crippen LogP contribution >= 0.6 is 11.8 Å². The molecule has 0 spiro atoms. The first-order valence-corrected chi connectivity index (χ1v) is 6.36. The topological polar surface area (TPSA) is 73.0 Å². The third kappa shape index (κ3) is 3.13. The Hall–Kier alpha value is -1.24. The van der Waals surface area contributed by atoms with E-state index in [-0.39, 0.29) is 11.9 Å². The second-order valence-corrected chi connectivity index (χ2v) is 4.60. The van der Waals surface area contributed by atoms with E-state index in [1.165, 1.54) is 6.33 Å². The number of thioether (sulfide) groups is 1. The van der Waals surface area contributed by atoms with Gasteiger partial charge >= 0.3 is 5.82 Å². The van der Waals surface area contributed by atoms with Crippen molar-refractivity contribution in [3.8, 4) is 0 Å². The number of nitro groups is 1. The van der Waals surface area contributed by atoms with Gasteiger partial charge in [0.1, 0.15) is 0 Å². The number of nitrogens with zero attached hydrogens (tertiary/aromatic N) is 3. The summed E-state index contributed by atoms with van der Waals surface area (Å²) in [4.78, 5) is 14.0. The van der Waals surface area contributed by atoms with E-state index in [2.05, 4.69) is 10.3 Å². The molecule has 0 bridgehead atoms. The minimum absolute atomic E-state index is 0.112. The van der Waals surface area contributed by atoms with E-state index >= 15 is 0 Å². The SMILES string of the molecule is CSCCC(C)Nc1c([N+](=O)[O-])ncn1C. The van der Waals surface area contributed by atoms with Crippen LogP contribution in [0.15, 0.2) is 6.33 Å². The van der Waals surface area contributed by atoms with Gasteiger partial charge in [-0.3, -0.25) is 4.57 Å². The number of hydrogen-bond donors (Lipinski definition) is 1. The lowest BCUT2D eigenvalue weighted by molar-refractivity contribution is -0.388. The van der Waals surface area contributed by atoms with E-state index in [1.807, 2.05) is 13.2 Å². The van der Waals surface area contributed by atoms with Gasteiger partial charge in [0.15, 0.2) is 0 Å². The average molecular weight is 244 g/mol. The van der Waals surface area contributed by atoms with Crippen LogP contribution in [-0.2, 0) is 7.05 Å². The fourth-order valence-corrected chi connectivity index (χ4v) is 1.91. The molecule has 1 N–H and O–H groups in total. The van der Waals surface area contributed by atoms with Gasteiger partial charge in [-0.2, -0.15) is 11.8 Å². The van der Waals surface area contributed by atoms with Crippen LogP contribution in [0.2, 0.25) is 0 Å². The number of rotatable bonds is 6. The summed E-state index contributed by atoms with van der Waals surface area (Å²) in [5.74, 6) is 1.39. The van der Waals surface area contributed by atoms with Gasteiger partial charge in [-0.25, -0.2) is 0 Å². The molecule has 0 fully saturated rings. The molecule has 0 saturated heterocycles. The molecule has 0 saturated carbocycles. The van der Waals surface area contributed by atoms with E-state index in [0.717, 1.165) is 12.2 Å². The van der Waals surface area contributed by atoms with Crippen LogP contribution < -0.4 is 5.32 Å². The molecule has 90 valence electrons. The molecular weight excluding hydrogens is 228 g/mol. The summed E-state index contributed by atoms with van der Waals surface area (Å²) in [5.41, 5.74) is 0. The molecule has 1 aromatic heterocycles. The fraction of sp³-hybridized carbons (Fsp3) is 0.667. The Balaban J connectivity index is 2.71. The van der Waals surface area contributed by atoms with Crippen LogP contribution in [0.4, 0.5) is 11.6 Å². The lowest BCUT2D eigenvalue weighted by atomic mass is 10.2. The second kappa shape index (κ2) is 5.74.